The lowest BCUT2D eigenvalue weighted by Gasteiger charge is -2.10. The van der Waals surface area contributed by atoms with Crippen LogP contribution < -0.4 is 10.1 Å². The number of thioether (sulfide) groups is 1. The van der Waals surface area contributed by atoms with Gasteiger partial charge in [-0.2, -0.15) is 11.8 Å². The standard InChI is InChI=1S/C15H19NO4S/c17-10-16-13(15(18)19)5-8-21-7-4-11-1-2-14-12(9-11)3-6-20-14/h1-2,9-10,13H,3-8H2,(H,16,17)(H,18,19). The zero-order chi connectivity index (χ0) is 15.1. The minimum atomic E-state index is -0.985. The fraction of sp³-hybridized carbons (Fsp3) is 0.467. The second-order valence-corrected chi connectivity index (χ2v) is 6.09. The van der Waals surface area contributed by atoms with Crippen molar-refractivity contribution in [3.8, 4) is 5.75 Å². The van der Waals surface area contributed by atoms with Gasteiger partial charge in [-0.15, -0.1) is 0 Å². The predicted octanol–water partition coefficient (Wildman–Crippen LogP) is 1.49. The van der Waals surface area contributed by atoms with Crippen LogP contribution in [0.3, 0.4) is 0 Å². The summed E-state index contributed by atoms with van der Waals surface area (Å²) in [6.07, 6.45) is 2.82. The van der Waals surface area contributed by atoms with Gasteiger partial charge in [-0.1, -0.05) is 12.1 Å². The Morgan fingerprint density at radius 3 is 3.10 bits per heavy atom. The Hall–Kier alpha value is -1.69. The maximum atomic E-state index is 10.8. The van der Waals surface area contributed by atoms with Crippen molar-refractivity contribution in [1.82, 2.24) is 5.32 Å². The second-order valence-electron chi connectivity index (χ2n) is 4.87. The fourth-order valence-corrected chi connectivity index (χ4v) is 3.24. The molecule has 6 heteroatoms. The summed E-state index contributed by atoms with van der Waals surface area (Å²) < 4.78 is 5.47. The molecule has 1 unspecified atom stereocenters. The van der Waals surface area contributed by atoms with Crippen LogP contribution in [0.25, 0.3) is 0 Å². The van der Waals surface area contributed by atoms with Crippen molar-refractivity contribution in [3.63, 3.8) is 0 Å². The summed E-state index contributed by atoms with van der Waals surface area (Å²) >= 11 is 1.70. The molecule has 1 atom stereocenters. The van der Waals surface area contributed by atoms with Crippen LogP contribution >= 0.6 is 11.8 Å². The van der Waals surface area contributed by atoms with Crippen molar-refractivity contribution in [2.75, 3.05) is 18.1 Å². The van der Waals surface area contributed by atoms with Crippen molar-refractivity contribution in [2.45, 2.75) is 25.3 Å². The first kappa shape index (κ1) is 15.7. The van der Waals surface area contributed by atoms with Gasteiger partial charge in [0.15, 0.2) is 0 Å². The van der Waals surface area contributed by atoms with Gasteiger partial charge in [-0.25, -0.2) is 4.79 Å². The molecule has 2 rings (SSSR count). The number of aryl methyl sites for hydroxylation is 1. The molecular weight excluding hydrogens is 290 g/mol. The maximum Gasteiger partial charge on any atom is 0.326 e. The lowest BCUT2D eigenvalue weighted by atomic mass is 10.1. The summed E-state index contributed by atoms with van der Waals surface area (Å²) in [6, 6.07) is 5.51. The number of ether oxygens (including phenoxy) is 1. The van der Waals surface area contributed by atoms with Crippen LogP contribution in [0, 0.1) is 0 Å². The van der Waals surface area contributed by atoms with E-state index in [1.807, 2.05) is 6.07 Å². The molecule has 0 aliphatic carbocycles. The number of carbonyl (C=O) groups is 2. The summed E-state index contributed by atoms with van der Waals surface area (Å²) in [4.78, 5) is 21.1. The van der Waals surface area contributed by atoms with Gasteiger partial charge in [0.2, 0.25) is 6.41 Å². The molecule has 0 bridgehead atoms. The second kappa shape index (κ2) is 7.93. The van der Waals surface area contributed by atoms with E-state index in [4.69, 9.17) is 9.84 Å². The summed E-state index contributed by atoms with van der Waals surface area (Å²) in [6.45, 7) is 0.772. The summed E-state index contributed by atoms with van der Waals surface area (Å²) in [5.41, 5.74) is 2.56. The monoisotopic (exact) mass is 309 g/mol. The minimum absolute atomic E-state index is 0.441. The van der Waals surface area contributed by atoms with Crippen molar-refractivity contribution in [2.24, 2.45) is 0 Å². The van der Waals surface area contributed by atoms with E-state index in [1.54, 1.807) is 11.8 Å². The molecule has 0 spiro atoms. The third kappa shape index (κ3) is 4.67. The molecule has 1 heterocycles. The van der Waals surface area contributed by atoms with Gasteiger partial charge in [0.05, 0.1) is 6.61 Å². The van der Waals surface area contributed by atoms with Crippen LogP contribution in [0.4, 0.5) is 0 Å². The van der Waals surface area contributed by atoms with Crippen molar-refractivity contribution < 1.29 is 19.4 Å². The molecule has 1 amide bonds. The highest BCUT2D eigenvalue weighted by molar-refractivity contribution is 7.99. The first-order valence-corrected chi connectivity index (χ1v) is 8.11. The Labute approximate surface area is 128 Å². The number of carboxylic acid groups (broad SMARTS) is 1. The average Bonchev–Trinajstić information content (AvgIpc) is 2.93. The van der Waals surface area contributed by atoms with E-state index in [-0.39, 0.29) is 0 Å². The van der Waals surface area contributed by atoms with Gasteiger partial charge in [0.25, 0.3) is 0 Å². The number of hydrogen-bond acceptors (Lipinski definition) is 4. The molecule has 0 radical (unpaired) electrons. The zero-order valence-electron chi connectivity index (χ0n) is 11.7. The first-order valence-electron chi connectivity index (χ1n) is 6.95. The highest BCUT2D eigenvalue weighted by Crippen LogP contribution is 2.26. The van der Waals surface area contributed by atoms with Crippen LogP contribution in [-0.4, -0.2) is 41.6 Å². The van der Waals surface area contributed by atoms with Crippen LogP contribution in [0.2, 0.25) is 0 Å². The highest BCUT2D eigenvalue weighted by atomic mass is 32.2. The lowest BCUT2D eigenvalue weighted by molar-refractivity contribution is -0.140. The molecule has 1 aliphatic rings. The molecule has 114 valence electrons. The molecule has 1 aromatic carbocycles. The number of carboxylic acids is 1. The topological polar surface area (TPSA) is 75.6 Å². The lowest BCUT2D eigenvalue weighted by Crippen LogP contribution is -2.36. The van der Waals surface area contributed by atoms with Gasteiger partial charge in [-0.3, -0.25) is 4.79 Å². The Balaban J connectivity index is 1.67. The van der Waals surface area contributed by atoms with E-state index in [0.717, 1.165) is 31.0 Å². The summed E-state index contributed by atoms with van der Waals surface area (Å²) in [5, 5.41) is 11.2. The molecule has 0 saturated heterocycles. The van der Waals surface area contributed by atoms with E-state index >= 15 is 0 Å². The molecule has 0 fully saturated rings. The molecule has 21 heavy (non-hydrogen) atoms. The van der Waals surface area contributed by atoms with Crippen molar-refractivity contribution in [3.05, 3.63) is 29.3 Å². The van der Waals surface area contributed by atoms with Crippen LogP contribution in [0.5, 0.6) is 5.75 Å². The number of nitrogens with one attached hydrogen (secondary N) is 1. The van der Waals surface area contributed by atoms with E-state index in [9.17, 15) is 9.59 Å². The smallest absolute Gasteiger partial charge is 0.326 e. The Bertz CT molecular complexity index is 506. The van der Waals surface area contributed by atoms with Crippen molar-refractivity contribution >= 4 is 24.1 Å². The number of amides is 1. The highest BCUT2D eigenvalue weighted by Gasteiger charge is 2.15. The molecule has 5 nitrogen and oxygen atoms in total. The Kier molecular flexibility index (Phi) is 5.92. The van der Waals surface area contributed by atoms with Crippen LogP contribution in [0.15, 0.2) is 18.2 Å². The minimum Gasteiger partial charge on any atom is -0.493 e. The predicted molar refractivity (Wildman–Crippen MR) is 81.9 cm³/mol. The fourth-order valence-electron chi connectivity index (χ4n) is 2.25. The molecule has 0 saturated carbocycles. The van der Waals surface area contributed by atoms with Crippen LogP contribution in [0.1, 0.15) is 17.5 Å². The Morgan fingerprint density at radius 1 is 1.48 bits per heavy atom. The number of fused-ring (bicyclic) bond motifs is 1. The average molecular weight is 309 g/mol. The van der Waals surface area contributed by atoms with E-state index in [2.05, 4.69) is 17.4 Å². The quantitative estimate of drug-likeness (QED) is 0.534. The molecule has 0 aromatic heterocycles. The molecule has 1 aromatic rings. The molecule has 1 aliphatic heterocycles. The number of hydrogen-bond donors (Lipinski definition) is 2. The van der Waals surface area contributed by atoms with Crippen molar-refractivity contribution in [1.29, 1.82) is 0 Å². The van der Waals surface area contributed by atoms with E-state index in [1.165, 1.54) is 11.1 Å². The van der Waals surface area contributed by atoms with Gasteiger partial charge < -0.3 is 15.2 Å². The van der Waals surface area contributed by atoms with Gasteiger partial charge in [0.1, 0.15) is 11.8 Å². The summed E-state index contributed by atoms with van der Waals surface area (Å²) in [5.74, 6) is 1.66. The zero-order valence-corrected chi connectivity index (χ0v) is 12.5. The summed E-state index contributed by atoms with van der Waals surface area (Å²) in [7, 11) is 0. The number of aliphatic carboxylic acids is 1. The molecular formula is C15H19NO4S. The SMILES string of the molecule is O=CNC(CCSCCc1ccc2c(c1)CCO2)C(=O)O. The largest absolute Gasteiger partial charge is 0.493 e. The van der Waals surface area contributed by atoms with Gasteiger partial charge >= 0.3 is 5.97 Å². The number of carbonyl (C=O) groups excluding carboxylic acids is 1. The third-order valence-electron chi connectivity index (χ3n) is 3.41. The number of benzene rings is 1. The third-order valence-corrected chi connectivity index (χ3v) is 4.42. The van der Waals surface area contributed by atoms with Gasteiger partial charge in [0, 0.05) is 6.42 Å². The number of rotatable bonds is 9. The maximum absolute atomic E-state index is 10.8. The van der Waals surface area contributed by atoms with E-state index < -0.39 is 12.0 Å². The normalized spacial score (nSPS) is 14.1. The van der Waals surface area contributed by atoms with Crippen LogP contribution in [-0.2, 0) is 22.4 Å². The van der Waals surface area contributed by atoms with Gasteiger partial charge in [-0.05, 0) is 41.5 Å². The Morgan fingerprint density at radius 2 is 2.33 bits per heavy atom. The molecule has 2 N–H and O–H groups in total. The first-order chi connectivity index (χ1) is 10.2. The van der Waals surface area contributed by atoms with E-state index in [0.29, 0.717) is 18.6 Å².